The van der Waals surface area contributed by atoms with Crippen LogP contribution in [0.15, 0.2) is 73.3 Å². The third-order valence-electron chi connectivity index (χ3n) is 11.8. The third kappa shape index (κ3) is 8.61. The molecular formula is C48H39F2N9O7S2. The second-order valence-electron chi connectivity index (χ2n) is 16.6. The third-order valence-corrected chi connectivity index (χ3v) is 13.9. The number of fused-ring (bicyclic) bond motifs is 4. The Balaban J connectivity index is 0.804. The van der Waals surface area contributed by atoms with Crippen LogP contribution in [0.2, 0.25) is 0 Å². The number of hydrogen-bond acceptors (Lipinski definition) is 17. The quantitative estimate of drug-likeness (QED) is 0.111. The number of ether oxygens (including phenoxy) is 5. The maximum Gasteiger partial charge on any atom is 0.412 e. The van der Waals surface area contributed by atoms with E-state index in [2.05, 4.69) is 25.3 Å². The highest BCUT2D eigenvalue weighted by Crippen LogP contribution is 2.40. The average Bonchev–Trinajstić information content (AvgIpc) is 3.94. The predicted molar refractivity (Wildman–Crippen MR) is 251 cm³/mol. The topological polar surface area (TPSA) is 199 Å². The fraction of sp³-hybridized carbons (Fsp3) is 0.271. The highest BCUT2D eigenvalue weighted by Gasteiger charge is 2.37. The minimum atomic E-state index is -0.677. The molecule has 11 rings (SSSR count). The zero-order chi connectivity index (χ0) is 46.6. The molecule has 0 aliphatic heterocycles. The summed E-state index contributed by atoms with van der Waals surface area (Å²) in [6.45, 7) is 3.94. The minimum absolute atomic E-state index is 0.0291. The number of aromatic nitrogens is 8. The molecule has 0 bridgehead atoms. The second-order valence-corrected chi connectivity index (χ2v) is 18.6. The molecule has 0 saturated heterocycles. The number of amides is 1. The van der Waals surface area contributed by atoms with Gasteiger partial charge in [-0.2, -0.15) is 0 Å². The number of aliphatic hydroxyl groups excluding tert-OH is 1. The Labute approximate surface area is 393 Å². The summed E-state index contributed by atoms with van der Waals surface area (Å²) >= 11 is 2.75. The molecule has 2 N–H and O–H groups in total. The number of halogens is 2. The van der Waals surface area contributed by atoms with E-state index in [4.69, 9.17) is 43.6 Å². The number of aliphatic hydroxyl groups is 1. The number of nitrogens with one attached hydrogen (secondary N) is 1. The largest absolute Gasteiger partial charge is 0.485 e. The van der Waals surface area contributed by atoms with Crippen molar-refractivity contribution in [2.24, 2.45) is 0 Å². The second kappa shape index (κ2) is 17.7. The summed E-state index contributed by atoms with van der Waals surface area (Å²) in [4.78, 5) is 49.1. The van der Waals surface area contributed by atoms with E-state index in [1.165, 1.54) is 60.5 Å². The molecule has 2 fully saturated rings. The van der Waals surface area contributed by atoms with Gasteiger partial charge in [0.1, 0.15) is 34.2 Å². The number of nitrogens with zero attached hydrogens (tertiary/aromatic N) is 8. The molecule has 2 saturated carbocycles. The summed E-state index contributed by atoms with van der Waals surface area (Å²) in [5.41, 5.74) is 6.98. The summed E-state index contributed by atoms with van der Waals surface area (Å²) < 4.78 is 61.0. The van der Waals surface area contributed by atoms with Crippen molar-refractivity contribution in [3.63, 3.8) is 0 Å². The van der Waals surface area contributed by atoms with Crippen LogP contribution in [-0.2, 0) is 11.2 Å². The molecule has 9 aromatic rings. The highest BCUT2D eigenvalue weighted by atomic mass is 32.1. The Morgan fingerprint density at radius 1 is 0.691 bits per heavy atom. The van der Waals surface area contributed by atoms with E-state index in [1.54, 1.807) is 25.3 Å². The van der Waals surface area contributed by atoms with Crippen LogP contribution >= 0.6 is 22.7 Å². The van der Waals surface area contributed by atoms with Crippen molar-refractivity contribution in [1.82, 2.24) is 39.9 Å². The Morgan fingerprint density at radius 3 is 1.91 bits per heavy atom. The number of thiazole rings is 2. The van der Waals surface area contributed by atoms with Crippen molar-refractivity contribution in [2.75, 3.05) is 19.0 Å². The van der Waals surface area contributed by atoms with Crippen LogP contribution in [0.3, 0.4) is 0 Å². The number of hydrogen-bond donors (Lipinski definition) is 2. The fourth-order valence-electron chi connectivity index (χ4n) is 7.96. The first-order chi connectivity index (χ1) is 33.0. The van der Waals surface area contributed by atoms with Crippen LogP contribution in [-0.4, -0.2) is 89.2 Å². The fourth-order valence-corrected chi connectivity index (χ4v) is 9.95. The van der Waals surface area contributed by atoms with Gasteiger partial charge in [0.2, 0.25) is 11.8 Å². The SMILES string of the molecule is COc1cnc2c(-c3nc4cc(F)c(O[C@@H]5CC[C@@H]5OC(=O)Nc5cnc(C)nc5)cc4s3)cc(CCOc3cnc4c(-c5nc6cc(F)c(O[C@H]7CC[C@H]7O)cc6s5)cc(C)cc4n3)cc2n1. The van der Waals surface area contributed by atoms with Crippen LogP contribution in [0.25, 0.3) is 63.6 Å². The molecular weight excluding hydrogens is 917 g/mol. The first-order valence-electron chi connectivity index (χ1n) is 21.7. The summed E-state index contributed by atoms with van der Waals surface area (Å²) in [6, 6.07) is 13.7. The Hall–Kier alpha value is -7.29. The molecule has 5 aromatic heterocycles. The normalized spacial score (nSPS) is 17.8. The van der Waals surface area contributed by atoms with Crippen molar-refractivity contribution in [1.29, 1.82) is 0 Å². The van der Waals surface area contributed by atoms with Crippen molar-refractivity contribution in [2.45, 2.75) is 70.4 Å². The lowest BCUT2D eigenvalue weighted by molar-refractivity contribution is -0.0431. The maximum absolute atomic E-state index is 15.6. The Bertz CT molecular complexity index is 3430. The number of benzene rings is 4. The van der Waals surface area contributed by atoms with E-state index in [0.717, 1.165) is 21.4 Å². The first kappa shape index (κ1) is 43.3. The van der Waals surface area contributed by atoms with Gasteiger partial charge in [0.15, 0.2) is 23.1 Å². The lowest BCUT2D eigenvalue weighted by Crippen LogP contribution is -2.45. The van der Waals surface area contributed by atoms with Gasteiger partial charge in [-0.25, -0.2) is 53.4 Å². The molecule has 344 valence electrons. The van der Waals surface area contributed by atoms with Gasteiger partial charge in [-0.1, -0.05) is 0 Å². The van der Waals surface area contributed by atoms with Gasteiger partial charge in [-0.15, -0.1) is 22.7 Å². The highest BCUT2D eigenvalue weighted by molar-refractivity contribution is 7.22. The molecule has 0 spiro atoms. The van der Waals surface area contributed by atoms with Crippen LogP contribution < -0.4 is 24.3 Å². The monoisotopic (exact) mass is 955 g/mol. The average molecular weight is 956 g/mol. The van der Waals surface area contributed by atoms with Crippen LogP contribution in [0.4, 0.5) is 19.3 Å². The van der Waals surface area contributed by atoms with Gasteiger partial charge in [-0.05, 0) is 74.9 Å². The van der Waals surface area contributed by atoms with Crippen molar-refractivity contribution < 1.29 is 42.4 Å². The molecule has 16 nitrogen and oxygen atoms in total. The Kier molecular flexibility index (Phi) is 11.3. The van der Waals surface area contributed by atoms with Crippen molar-refractivity contribution in [3.05, 3.63) is 102 Å². The molecule has 68 heavy (non-hydrogen) atoms. The van der Waals surface area contributed by atoms with Gasteiger partial charge >= 0.3 is 6.09 Å². The van der Waals surface area contributed by atoms with Crippen LogP contribution in [0, 0.1) is 25.5 Å². The number of anilines is 1. The standard InChI is InChI=1S/C48H39F2N9O7S2/c1-22-10-26(46-58-30-14-28(49)38(16-40(30)67-46)64-35-5-4-34(35)60)44-32(11-22)57-43(21-54-44)63-9-8-24-12-27(45-33(13-24)56-42(62-3)20-53-45)47-59-31-15-29(50)39(17-41(31)68-47)65-36-6-7-37(36)66-48(61)55-25-18-51-23(2)52-19-25/h10-21,34-37,60H,4-9H2,1-3H3,(H,55,61)/t34-,35+,36-,37+/m1/s1. The summed E-state index contributed by atoms with van der Waals surface area (Å²) in [5, 5.41) is 13.8. The smallest absolute Gasteiger partial charge is 0.412 e. The molecule has 0 unspecified atom stereocenters. The minimum Gasteiger partial charge on any atom is -0.485 e. The van der Waals surface area contributed by atoms with E-state index in [1.807, 2.05) is 31.2 Å². The van der Waals surface area contributed by atoms with E-state index < -0.39 is 42.1 Å². The molecule has 2 aliphatic carbocycles. The van der Waals surface area contributed by atoms with Gasteiger partial charge in [0.25, 0.3) is 0 Å². The molecule has 2 aliphatic rings. The van der Waals surface area contributed by atoms with Crippen LogP contribution in [0.1, 0.15) is 42.6 Å². The number of methoxy groups -OCH3 is 1. The number of aryl methyl sites for hydroxylation is 2. The zero-order valence-corrected chi connectivity index (χ0v) is 38.2. The molecule has 0 radical (unpaired) electrons. The summed E-state index contributed by atoms with van der Waals surface area (Å²) in [5.74, 6) is 0.241. The molecule has 5 heterocycles. The molecule has 20 heteroatoms. The summed E-state index contributed by atoms with van der Waals surface area (Å²) in [6.07, 6.45) is 6.20. The molecule has 4 atom stereocenters. The number of carbonyl (C=O) groups excluding carboxylic acids is 1. The van der Waals surface area contributed by atoms with Crippen molar-refractivity contribution in [3.8, 4) is 44.4 Å². The van der Waals surface area contributed by atoms with E-state index in [9.17, 15) is 9.90 Å². The lowest BCUT2D eigenvalue weighted by Gasteiger charge is -2.35. The lowest BCUT2D eigenvalue weighted by atomic mass is 9.92. The maximum atomic E-state index is 15.6. The van der Waals surface area contributed by atoms with E-state index in [-0.39, 0.29) is 18.1 Å². The Morgan fingerprint density at radius 2 is 1.29 bits per heavy atom. The summed E-state index contributed by atoms with van der Waals surface area (Å²) in [7, 11) is 1.52. The van der Waals surface area contributed by atoms with Gasteiger partial charge in [-0.3, -0.25) is 5.32 Å². The van der Waals surface area contributed by atoms with Gasteiger partial charge in [0.05, 0.1) is 92.8 Å². The number of rotatable bonds is 13. The van der Waals surface area contributed by atoms with Crippen molar-refractivity contribution >= 4 is 77.0 Å². The van der Waals surface area contributed by atoms with Crippen LogP contribution in [0.5, 0.6) is 23.3 Å². The van der Waals surface area contributed by atoms with Gasteiger partial charge in [0, 0.05) is 41.8 Å². The van der Waals surface area contributed by atoms with Gasteiger partial charge < -0.3 is 28.8 Å². The molecule has 1 amide bonds. The number of carbonyl (C=O) groups is 1. The molecule has 4 aromatic carbocycles. The first-order valence-corrected chi connectivity index (χ1v) is 23.4. The predicted octanol–water partition coefficient (Wildman–Crippen LogP) is 9.50. The van der Waals surface area contributed by atoms with E-state index in [0.29, 0.717) is 109 Å². The van der Waals surface area contributed by atoms with E-state index >= 15 is 8.78 Å². The zero-order valence-electron chi connectivity index (χ0n) is 36.5.